The van der Waals surface area contributed by atoms with E-state index in [1.807, 2.05) is 10.6 Å². The fourth-order valence-corrected chi connectivity index (χ4v) is 6.28. The third-order valence-electron chi connectivity index (χ3n) is 6.84. The number of nitrogens with zero attached hydrogens (tertiary/aromatic N) is 4. The van der Waals surface area contributed by atoms with Crippen molar-refractivity contribution in [3.8, 4) is 5.75 Å². The summed E-state index contributed by atoms with van der Waals surface area (Å²) in [5.74, 6) is 1.54. The second-order valence-corrected chi connectivity index (χ2v) is 9.86. The highest BCUT2D eigenvalue weighted by Crippen LogP contribution is 2.34. The zero-order valence-corrected chi connectivity index (χ0v) is 21.6. The molecule has 0 radical (unpaired) electrons. The number of likely N-dealkylation sites (N-methyl/N-ethyl adjacent to an activating group) is 1. The number of ether oxygens (including phenoxy) is 1. The Hall–Kier alpha value is -1.64. The highest BCUT2D eigenvalue weighted by atomic mass is 35.5. The Morgan fingerprint density at radius 2 is 1.88 bits per heavy atom. The number of hydrogen-bond acceptors (Lipinski definition) is 6. The molecule has 1 fully saturated rings. The Morgan fingerprint density at radius 3 is 2.64 bits per heavy atom. The summed E-state index contributed by atoms with van der Waals surface area (Å²) < 4.78 is 7.38. The second kappa shape index (κ2) is 11.2. The number of para-hydroxylation sites is 1. The zero-order valence-electron chi connectivity index (χ0n) is 19.2. The highest BCUT2D eigenvalue weighted by molar-refractivity contribution is 7.18. The molecular weight excluding hydrogens is 479 g/mol. The van der Waals surface area contributed by atoms with E-state index >= 15 is 0 Å². The van der Waals surface area contributed by atoms with Gasteiger partial charge in [0.1, 0.15) is 10.6 Å². The minimum Gasteiger partial charge on any atom is -0.496 e. The molecule has 3 aromatic rings. The molecule has 6 nitrogen and oxygen atoms in total. The molecule has 9 heteroatoms. The summed E-state index contributed by atoms with van der Waals surface area (Å²) in [6.07, 6.45) is 4.94. The Bertz CT molecular complexity index is 1140. The van der Waals surface area contributed by atoms with Gasteiger partial charge in [0.2, 0.25) is 0 Å². The lowest BCUT2D eigenvalue weighted by molar-refractivity contribution is 0.203. The fraction of sp³-hybridized carbons (Fsp3) is 0.500. The van der Waals surface area contributed by atoms with E-state index in [4.69, 9.17) is 4.74 Å². The summed E-state index contributed by atoms with van der Waals surface area (Å²) in [5, 5.41) is 0.866. The van der Waals surface area contributed by atoms with Crippen LogP contribution in [-0.4, -0.2) is 59.7 Å². The lowest BCUT2D eigenvalue weighted by atomic mass is 9.89. The van der Waals surface area contributed by atoms with E-state index in [1.165, 1.54) is 16.0 Å². The van der Waals surface area contributed by atoms with Crippen LogP contribution in [-0.2, 0) is 19.5 Å². The van der Waals surface area contributed by atoms with Crippen molar-refractivity contribution in [2.24, 2.45) is 0 Å². The second-order valence-electron chi connectivity index (χ2n) is 8.77. The van der Waals surface area contributed by atoms with E-state index in [1.54, 1.807) is 24.8 Å². The van der Waals surface area contributed by atoms with E-state index in [0.717, 1.165) is 68.0 Å². The van der Waals surface area contributed by atoms with Crippen molar-refractivity contribution in [3.05, 3.63) is 57.0 Å². The summed E-state index contributed by atoms with van der Waals surface area (Å²) >= 11 is 1.69. The van der Waals surface area contributed by atoms with Gasteiger partial charge in [-0.15, -0.1) is 36.2 Å². The SMILES string of the molecule is COc1ccccc1C1CCN(CCn2cnc3sc4c(c3c2=O)CCN(C)C4)CC1.Cl.Cl. The summed E-state index contributed by atoms with van der Waals surface area (Å²) in [7, 11) is 3.88. The Kier molecular flexibility index (Phi) is 8.81. The summed E-state index contributed by atoms with van der Waals surface area (Å²) in [6, 6.07) is 8.38. The summed E-state index contributed by atoms with van der Waals surface area (Å²) in [4.78, 5) is 24.8. The third kappa shape index (κ3) is 5.23. The van der Waals surface area contributed by atoms with Gasteiger partial charge in [-0.3, -0.25) is 9.36 Å². The maximum atomic E-state index is 13.2. The van der Waals surface area contributed by atoms with E-state index in [9.17, 15) is 4.79 Å². The summed E-state index contributed by atoms with van der Waals surface area (Å²) in [6.45, 7) is 5.62. The zero-order chi connectivity index (χ0) is 21.4. The molecule has 180 valence electrons. The first-order valence-corrected chi connectivity index (χ1v) is 12.0. The van der Waals surface area contributed by atoms with Crippen LogP contribution in [0.25, 0.3) is 10.2 Å². The van der Waals surface area contributed by atoms with Gasteiger partial charge in [-0.25, -0.2) is 4.98 Å². The van der Waals surface area contributed by atoms with Gasteiger partial charge >= 0.3 is 0 Å². The molecule has 2 aliphatic heterocycles. The molecule has 0 atom stereocenters. The number of likely N-dealkylation sites (tertiary alicyclic amines) is 1. The molecule has 0 N–H and O–H groups in total. The average Bonchev–Trinajstić information content (AvgIpc) is 3.17. The van der Waals surface area contributed by atoms with Crippen molar-refractivity contribution in [3.63, 3.8) is 0 Å². The third-order valence-corrected chi connectivity index (χ3v) is 7.97. The van der Waals surface area contributed by atoms with Crippen LogP contribution in [0.4, 0.5) is 0 Å². The molecule has 0 bridgehead atoms. The van der Waals surface area contributed by atoms with Crippen LogP contribution >= 0.6 is 36.2 Å². The molecular formula is C24H32Cl2N4O2S. The number of piperidine rings is 1. The van der Waals surface area contributed by atoms with Gasteiger partial charge in [-0.05, 0) is 62.5 Å². The molecule has 2 aliphatic rings. The fourth-order valence-electron chi connectivity index (χ4n) is 5.03. The van der Waals surface area contributed by atoms with Crippen LogP contribution in [0, 0.1) is 0 Å². The van der Waals surface area contributed by atoms with Crippen molar-refractivity contribution in [1.29, 1.82) is 0 Å². The first kappa shape index (κ1) is 26.0. The maximum absolute atomic E-state index is 13.2. The number of halogens is 2. The number of thiophene rings is 1. The van der Waals surface area contributed by atoms with Gasteiger partial charge < -0.3 is 14.5 Å². The van der Waals surface area contributed by atoms with Crippen molar-refractivity contribution < 1.29 is 4.74 Å². The van der Waals surface area contributed by atoms with Crippen LogP contribution in [0.3, 0.4) is 0 Å². The van der Waals surface area contributed by atoms with E-state index in [-0.39, 0.29) is 30.4 Å². The minimum absolute atomic E-state index is 0. The molecule has 1 saturated heterocycles. The molecule has 5 rings (SSSR count). The average molecular weight is 512 g/mol. The number of fused-ring (bicyclic) bond motifs is 3. The maximum Gasteiger partial charge on any atom is 0.262 e. The van der Waals surface area contributed by atoms with Crippen molar-refractivity contribution in [2.45, 2.75) is 38.3 Å². The number of aromatic nitrogens is 2. The monoisotopic (exact) mass is 510 g/mol. The van der Waals surface area contributed by atoms with Gasteiger partial charge in [0, 0.05) is 31.1 Å². The van der Waals surface area contributed by atoms with Gasteiger partial charge in [0.25, 0.3) is 5.56 Å². The highest BCUT2D eigenvalue weighted by Gasteiger charge is 2.24. The molecule has 4 heterocycles. The summed E-state index contributed by atoms with van der Waals surface area (Å²) in [5.41, 5.74) is 2.70. The van der Waals surface area contributed by atoms with E-state index in [0.29, 0.717) is 12.5 Å². The van der Waals surface area contributed by atoms with E-state index in [2.05, 4.69) is 40.0 Å². The number of methoxy groups -OCH3 is 1. The van der Waals surface area contributed by atoms with Crippen LogP contribution < -0.4 is 10.3 Å². The van der Waals surface area contributed by atoms with Crippen LogP contribution in [0.5, 0.6) is 5.75 Å². The Morgan fingerprint density at radius 1 is 1.12 bits per heavy atom. The topological polar surface area (TPSA) is 50.6 Å². The molecule has 0 aliphatic carbocycles. The molecule has 0 amide bonds. The van der Waals surface area contributed by atoms with E-state index < -0.39 is 0 Å². The normalized spacial score (nSPS) is 17.3. The predicted molar refractivity (Wildman–Crippen MR) is 140 cm³/mol. The largest absolute Gasteiger partial charge is 0.496 e. The molecule has 0 saturated carbocycles. The minimum atomic E-state index is 0. The Balaban J connectivity index is 0.00000153. The lowest BCUT2D eigenvalue weighted by Crippen LogP contribution is -2.37. The molecule has 0 unspecified atom stereocenters. The smallest absolute Gasteiger partial charge is 0.262 e. The molecule has 33 heavy (non-hydrogen) atoms. The van der Waals surface area contributed by atoms with Crippen molar-refractivity contribution in [1.82, 2.24) is 19.4 Å². The molecule has 0 spiro atoms. The van der Waals surface area contributed by atoms with Crippen molar-refractivity contribution in [2.75, 3.05) is 40.3 Å². The first-order valence-electron chi connectivity index (χ1n) is 11.2. The standard InChI is InChI=1S/C24H30N4O2S.2ClH/c1-26-10-9-19-21(15-26)31-23-22(19)24(29)28(16-25-23)14-13-27-11-7-17(8-12-27)18-5-3-4-6-20(18)30-2;;/h3-6,16-17H,7-15H2,1-2H3;2*1H. The Labute approximate surface area is 211 Å². The predicted octanol–water partition coefficient (Wildman–Crippen LogP) is 4.18. The van der Waals surface area contributed by atoms with Gasteiger partial charge in [0.15, 0.2) is 0 Å². The van der Waals surface area contributed by atoms with Gasteiger partial charge in [-0.1, -0.05) is 18.2 Å². The number of rotatable bonds is 5. The molecule has 2 aromatic heterocycles. The van der Waals surface area contributed by atoms with Crippen LogP contribution in [0.1, 0.15) is 34.8 Å². The number of benzene rings is 1. The quantitative estimate of drug-likeness (QED) is 0.515. The molecule has 1 aromatic carbocycles. The lowest BCUT2D eigenvalue weighted by Gasteiger charge is -2.32. The first-order chi connectivity index (χ1) is 15.1. The van der Waals surface area contributed by atoms with Crippen molar-refractivity contribution >= 4 is 46.4 Å². The van der Waals surface area contributed by atoms with Crippen LogP contribution in [0.15, 0.2) is 35.4 Å². The van der Waals surface area contributed by atoms with Gasteiger partial charge in [0.05, 0.1) is 18.8 Å². The number of hydrogen-bond donors (Lipinski definition) is 0. The van der Waals surface area contributed by atoms with Crippen LogP contribution in [0.2, 0.25) is 0 Å². The van der Waals surface area contributed by atoms with Gasteiger partial charge in [-0.2, -0.15) is 0 Å².